The second kappa shape index (κ2) is 14.1. The molecule has 1 aromatic heterocycles. The number of benzene rings is 3. The fraction of sp³-hybridized carbons (Fsp3) is 0.219. The SMILES string of the molecule is CCOC(=O)C1=C(C)N=c2s/c(=C\c3ccc(OCc4ccc([NH2+][O-])cc4)c(OCC)c3)c(=O)n2C1c1ccccc1.O. The molecule has 1 aliphatic heterocycles. The fourth-order valence-electron chi connectivity index (χ4n) is 4.75. The van der Waals surface area contributed by atoms with Gasteiger partial charge in [0.2, 0.25) is 0 Å². The van der Waals surface area contributed by atoms with Crippen LogP contribution >= 0.6 is 11.3 Å². The van der Waals surface area contributed by atoms with Crippen LogP contribution in [0.4, 0.5) is 5.69 Å². The summed E-state index contributed by atoms with van der Waals surface area (Å²) in [5, 5.41) is 10.9. The number of quaternary nitrogens is 1. The summed E-state index contributed by atoms with van der Waals surface area (Å²) in [4.78, 5) is 32.0. The molecule has 0 spiro atoms. The zero-order valence-corrected chi connectivity index (χ0v) is 24.9. The average molecular weight is 604 g/mol. The van der Waals surface area contributed by atoms with Crippen LogP contribution in [0.2, 0.25) is 0 Å². The number of esters is 1. The van der Waals surface area contributed by atoms with Gasteiger partial charge in [0.05, 0.1) is 35.1 Å². The van der Waals surface area contributed by atoms with Crippen LogP contribution in [-0.2, 0) is 16.1 Å². The smallest absolute Gasteiger partial charge is 0.338 e. The number of fused-ring (bicyclic) bond motifs is 1. The van der Waals surface area contributed by atoms with Crippen molar-refractivity contribution in [3.05, 3.63) is 126 Å². The van der Waals surface area contributed by atoms with Crippen LogP contribution in [0.25, 0.3) is 6.08 Å². The molecule has 43 heavy (non-hydrogen) atoms. The maximum absolute atomic E-state index is 13.8. The normalized spacial score (nSPS) is 14.4. The van der Waals surface area contributed by atoms with Gasteiger partial charge < -0.3 is 30.4 Å². The number of nitrogens with two attached hydrogens (primary N) is 1. The minimum atomic E-state index is -0.654. The molecular formula is C32H33N3O7S. The molecule has 0 saturated carbocycles. The first kappa shape index (κ1) is 31.4. The van der Waals surface area contributed by atoms with Crippen molar-refractivity contribution < 1.29 is 30.0 Å². The molecule has 1 atom stereocenters. The van der Waals surface area contributed by atoms with Gasteiger partial charge in [0.25, 0.3) is 5.56 Å². The summed E-state index contributed by atoms with van der Waals surface area (Å²) < 4.78 is 19.3. The van der Waals surface area contributed by atoms with Crippen molar-refractivity contribution in [2.75, 3.05) is 13.2 Å². The highest BCUT2D eigenvalue weighted by Gasteiger charge is 2.33. The number of nitrogens with zero attached hydrogens (tertiary/aromatic N) is 2. The van der Waals surface area contributed by atoms with Crippen molar-refractivity contribution in [2.24, 2.45) is 4.99 Å². The molecule has 4 N–H and O–H groups in total. The van der Waals surface area contributed by atoms with Gasteiger partial charge in [-0.2, -0.15) is 0 Å². The van der Waals surface area contributed by atoms with E-state index in [-0.39, 0.29) is 17.6 Å². The molecule has 11 heteroatoms. The van der Waals surface area contributed by atoms with Gasteiger partial charge in [0, 0.05) is 0 Å². The molecule has 0 radical (unpaired) electrons. The van der Waals surface area contributed by atoms with Crippen LogP contribution < -0.4 is 29.8 Å². The molecule has 0 aliphatic carbocycles. The van der Waals surface area contributed by atoms with Crippen LogP contribution in [0, 0.1) is 5.21 Å². The first-order valence-electron chi connectivity index (χ1n) is 13.6. The number of hydrogen-bond acceptors (Lipinski definition) is 8. The lowest BCUT2D eigenvalue weighted by Crippen LogP contribution is -2.70. The molecule has 5 rings (SSSR count). The summed E-state index contributed by atoms with van der Waals surface area (Å²) in [5.74, 6) is 0.623. The van der Waals surface area contributed by atoms with E-state index >= 15 is 0 Å². The van der Waals surface area contributed by atoms with Gasteiger partial charge in [-0.25, -0.2) is 9.79 Å². The largest absolute Gasteiger partial charge is 0.630 e. The Bertz CT molecular complexity index is 1800. The molecular weight excluding hydrogens is 570 g/mol. The van der Waals surface area contributed by atoms with Crippen molar-refractivity contribution in [3.63, 3.8) is 0 Å². The molecule has 0 saturated heterocycles. The van der Waals surface area contributed by atoms with Gasteiger partial charge in [-0.3, -0.25) is 9.36 Å². The van der Waals surface area contributed by atoms with E-state index in [4.69, 9.17) is 14.2 Å². The Morgan fingerprint density at radius 2 is 1.77 bits per heavy atom. The zero-order valence-electron chi connectivity index (χ0n) is 24.0. The number of aromatic nitrogens is 1. The summed E-state index contributed by atoms with van der Waals surface area (Å²) in [6, 6.07) is 21.4. The lowest BCUT2D eigenvalue weighted by atomic mass is 9.96. The Balaban J connectivity index is 0.00000423. The van der Waals surface area contributed by atoms with Gasteiger partial charge in [-0.1, -0.05) is 47.7 Å². The molecule has 3 aromatic carbocycles. The van der Waals surface area contributed by atoms with E-state index in [1.165, 1.54) is 11.3 Å². The average Bonchev–Trinajstić information content (AvgIpc) is 3.30. The topological polar surface area (TPSA) is 150 Å². The summed E-state index contributed by atoms with van der Waals surface area (Å²) in [6.45, 7) is 6.36. The number of hydrogen-bond donors (Lipinski definition) is 1. The molecule has 224 valence electrons. The van der Waals surface area contributed by atoms with E-state index < -0.39 is 12.0 Å². The number of carbonyl (C=O) groups is 1. The predicted octanol–water partition coefficient (Wildman–Crippen LogP) is 2.64. The minimum absolute atomic E-state index is 0. The first-order valence-corrected chi connectivity index (χ1v) is 14.4. The standard InChI is InChI=1S/C32H31N3O6S.H2O/c1-4-39-26-17-22(13-16-25(26)41-19-21-11-14-24(34-38)15-12-21)18-27-30(36)35-29(23-9-7-6-8-10-23)28(31(37)40-5-2)20(3)33-32(35)42-27;/h6-18,29H,4-5,19,34H2,1-3H3;1H2/b27-18-;. The van der Waals surface area contributed by atoms with Gasteiger partial charge in [-0.05, 0) is 79.9 Å². The highest BCUT2D eigenvalue weighted by Crippen LogP contribution is 2.31. The second-order valence-corrected chi connectivity index (χ2v) is 10.5. The molecule has 1 unspecified atom stereocenters. The van der Waals surface area contributed by atoms with Gasteiger partial charge in [0.1, 0.15) is 12.3 Å². The van der Waals surface area contributed by atoms with Crippen LogP contribution in [0.5, 0.6) is 11.5 Å². The van der Waals surface area contributed by atoms with Gasteiger partial charge in [0.15, 0.2) is 16.3 Å². The Kier molecular flexibility index (Phi) is 10.3. The summed E-state index contributed by atoms with van der Waals surface area (Å²) in [6.07, 6.45) is 1.79. The fourth-order valence-corrected chi connectivity index (χ4v) is 5.80. The van der Waals surface area contributed by atoms with Crippen LogP contribution in [0.1, 0.15) is 43.5 Å². The molecule has 4 aromatic rings. The molecule has 0 fully saturated rings. The number of carbonyl (C=O) groups excluding carboxylic acids is 1. The molecule has 2 heterocycles. The molecule has 0 amide bonds. The Hall–Kier alpha value is -4.55. The van der Waals surface area contributed by atoms with E-state index in [1.807, 2.05) is 67.6 Å². The van der Waals surface area contributed by atoms with Crippen molar-refractivity contribution in [2.45, 2.75) is 33.4 Å². The van der Waals surface area contributed by atoms with Gasteiger partial charge in [-0.15, -0.1) is 0 Å². The highest BCUT2D eigenvalue weighted by molar-refractivity contribution is 7.07. The summed E-state index contributed by atoms with van der Waals surface area (Å²) >= 11 is 1.27. The third-order valence-corrected chi connectivity index (χ3v) is 7.69. The Morgan fingerprint density at radius 1 is 1.02 bits per heavy atom. The number of thiazole rings is 1. The van der Waals surface area contributed by atoms with E-state index in [0.29, 0.717) is 51.0 Å². The number of ether oxygens (including phenoxy) is 3. The maximum atomic E-state index is 13.8. The molecule has 10 nitrogen and oxygen atoms in total. The summed E-state index contributed by atoms with van der Waals surface area (Å²) in [7, 11) is 0. The maximum Gasteiger partial charge on any atom is 0.338 e. The van der Waals surface area contributed by atoms with Crippen molar-refractivity contribution >= 4 is 29.1 Å². The quantitative estimate of drug-likeness (QED) is 0.167. The van der Waals surface area contributed by atoms with Crippen LogP contribution in [0.3, 0.4) is 0 Å². The lowest BCUT2D eigenvalue weighted by Gasteiger charge is -2.24. The van der Waals surface area contributed by atoms with Crippen molar-refractivity contribution in [1.82, 2.24) is 4.57 Å². The molecule has 1 aliphatic rings. The third-order valence-electron chi connectivity index (χ3n) is 6.71. The minimum Gasteiger partial charge on any atom is -0.630 e. The lowest BCUT2D eigenvalue weighted by molar-refractivity contribution is -0.497. The number of allylic oxidation sites excluding steroid dienone is 1. The van der Waals surface area contributed by atoms with E-state index in [1.54, 1.807) is 36.6 Å². The van der Waals surface area contributed by atoms with Crippen molar-refractivity contribution in [3.8, 4) is 11.5 Å². The second-order valence-electron chi connectivity index (χ2n) is 9.50. The highest BCUT2D eigenvalue weighted by atomic mass is 32.1. The predicted molar refractivity (Wildman–Crippen MR) is 164 cm³/mol. The summed E-state index contributed by atoms with van der Waals surface area (Å²) in [5.41, 5.74) is 4.49. The van der Waals surface area contributed by atoms with Gasteiger partial charge >= 0.3 is 5.97 Å². The third kappa shape index (κ3) is 6.76. The molecule has 0 bridgehead atoms. The van der Waals surface area contributed by atoms with E-state index in [2.05, 4.69) is 4.99 Å². The monoisotopic (exact) mass is 603 g/mol. The Morgan fingerprint density at radius 3 is 2.44 bits per heavy atom. The number of rotatable bonds is 10. The van der Waals surface area contributed by atoms with Crippen molar-refractivity contribution in [1.29, 1.82) is 0 Å². The van der Waals surface area contributed by atoms with Crippen LogP contribution in [0.15, 0.2) is 93.9 Å². The van der Waals surface area contributed by atoms with E-state index in [9.17, 15) is 14.8 Å². The Labute approximate surface area is 252 Å². The van der Waals surface area contributed by atoms with E-state index in [0.717, 1.165) is 22.2 Å². The zero-order chi connectivity index (χ0) is 29.6. The first-order chi connectivity index (χ1) is 20.4. The van der Waals surface area contributed by atoms with Crippen LogP contribution in [-0.4, -0.2) is 29.2 Å².